The van der Waals surface area contributed by atoms with Gasteiger partial charge in [-0.25, -0.2) is 9.18 Å². The van der Waals surface area contributed by atoms with Crippen molar-refractivity contribution in [2.24, 2.45) is 0 Å². The normalized spacial score (nSPS) is 19.1. The molecule has 3 nitrogen and oxygen atoms in total. The zero-order valence-electron chi connectivity index (χ0n) is 7.50. The van der Waals surface area contributed by atoms with E-state index in [1.165, 1.54) is 6.07 Å². The van der Waals surface area contributed by atoms with Crippen LogP contribution in [0, 0.1) is 9.39 Å². The number of carbonyl (C=O) groups excluding carboxylic acids is 1. The number of amides is 1. The van der Waals surface area contributed by atoms with Gasteiger partial charge in [-0.05, 0) is 40.8 Å². The fraction of sp³-hybridized carbons (Fsp3) is 0.222. The third-order valence-electron chi connectivity index (χ3n) is 2.01. The van der Waals surface area contributed by atoms with Crippen LogP contribution in [0.4, 0.5) is 9.18 Å². The molecule has 0 bridgehead atoms. The molecule has 2 rings (SSSR count). The van der Waals surface area contributed by atoms with Crippen LogP contribution in [0.5, 0.6) is 0 Å². The van der Waals surface area contributed by atoms with Crippen LogP contribution in [0.2, 0.25) is 0 Å². The number of nitrogens with one attached hydrogen (secondary N) is 1. The van der Waals surface area contributed by atoms with Crippen LogP contribution >= 0.6 is 35.0 Å². The van der Waals surface area contributed by atoms with Crippen molar-refractivity contribution >= 4 is 41.1 Å². The van der Waals surface area contributed by atoms with Crippen LogP contribution in [0.1, 0.15) is 11.6 Å². The fourth-order valence-corrected chi connectivity index (χ4v) is 1.85. The van der Waals surface area contributed by atoms with E-state index in [0.717, 1.165) is 3.57 Å². The lowest BCUT2D eigenvalue weighted by Gasteiger charge is -2.08. The molecule has 0 aromatic heterocycles. The fourth-order valence-electron chi connectivity index (χ4n) is 1.33. The van der Waals surface area contributed by atoms with Gasteiger partial charge >= 0.3 is 6.09 Å². The van der Waals surface area contributed by atoms with Gasteiger partial charge in [-0.3, -0.25) is 0 Å². The van der Waals surface area contributed by atoms with E-state index < -0.39 is 6.09 Å². The third kappa shape index (κ3) is 2.72. The summed E-state index contributed by atoms with van der Waals surface area (Å²) in [7, 11) is 0. The van der Waals surface area contributed by atoms with Crippen molar-refractivity contribution in [2.45, 2.75) is 6.04 Å². The summed E-state index contributed by atoms with van der Waals surface area (Å²) in [5.74, 6) is -0.318. The summed E-state index contributed by atoms with van der Waals surface area (Å²) >= 11 is 2.09. The monoisotopic (exact) mass is 343 g/mol. The maximum absolute atomic E-state index is 13.3. The Kier molecular flexibility index (Phi) is 4.15. The molecule has 1 fully saturated rings. The van der Waals surface area contributed by atoms with E-state index in [0.29, 0.717) is 5.56 Å². The molecular weight excluding hydrogens is 335 g/mol. The van der Waals surface area contributed by atoms with Crippen LogP contribution in [0.25, 0.3) is 0 Å². The number of cyclic esters (lactones) is 1. The average molecular weight is 344 g/mol. The largest absolute Gasteiger partial charge is 0.447 e. The summed E-state index contributed by atoms with van der Waals surface area (Å²) in [5, 5.41) is 2.53. The topological polar surface area (TPSA) is 38.3 Å². The zero-order chi connectivity index (χ0) is 10.1. The minimum absolute atomic E-state index is 0. The Hall–Kier alpha value is -0.560. The smallest absolute Gasteiger partial charge is 0.407 e. The first-order chi connectivity index (χ1) is 6.66. The van der Waals surface area contributed by atoms with E-state index in [1.807, 2.05) is 0 Å². The van der Waals surface area contributed by atoms with Gasteiger partial charge in [-0.1, -0.05) is 0 Å². The van der Waals surface area contributed by atoms with Crippen molar-refractivity contribution in [3.8, 4) is 0 Å². The van der Waals surface area contributed by atoms with E-state index >= 15 is 0 Å². The standard InChI is InChI=1S/C9H7FINO2.ClH/c10-7-2-1-5(11)3-6(7)8-4-14-9(13)12-8;/h1-3,8H,4H2,(H,12,13);1H/t8-;/m0./s1. The molecule has 1 aliphatic rings. The number of alkyl carbamates (subject to hydrolysis) is 1. The molecule has 1 N–H and O–H groups in total. The van der Waals surface area contributed by atoms with E-state index in [-0.39, 0.29) is 30.9 Å². The van der Waals surface area contributed by atoms with Crippen LogP contribution in [0.3, 0.4) is 0 Å². The van der Waals surface area contributed by atoms with E-state index in [9.17, 15) is 9.18 Å². The lowest BCUT2D eigenvalue weighted by Crippen LogP contribution is -2.19. The van der Waals surface area contributed by atoms with Gasteiger partial charge in [0.05, 0.1) is 6.04 Å². The molecular formula is C9H8ClFINO2. The van der Waals surface area contributed by atoms with Gasteiger partial charge in [0.25, 0.3) is 0 Å². The van der Waals surface area contributed by atoms with Crippen molar-refractivity contribution in [3.05, 3.63) is 33.1 Å². The van der Waals surface area contributed by atoms with Crippen LogP contribution in [-0.2, 0) is 4.74 Å². The molecule has 0 unspecified atom stereocenters. The van der Waals surface area contributed by atoms with Crippen molar-refractivity contribution in [2.75, 3.05) is 6.61 Å². The van der Waals surface area contributed by atoms with Crippen molar-refractivity contribution in [1.82, 2.24) is 5.32 Å². The summed E-state index contributed by atoms with van der Waals surface area (Å²) in [5.41, 5.74) is 0.475. The molecule has 1 atom stereocenters. The third-order valence-corrected chi connectivity index (χ3v) is 2.68. The SMILES string of the molecule is Cl.O=C1N[C@H](c2cc(I)ccc2F)CO1. The second-order valence-corrected chi connectivity index (χ2v) is 4.21. The predicted molar refractivity (Wildman–Crippen MR) is 63.6 cm³/mol. The predicted octanol–water partition coefficient (Wildman–Crippen LogP) is 2.63. The molecule has 6 heteroatoms. The van der Waals surface area contributed by atoms with Crippen molar-refractivity contribution in [1.29, 1.82) is 0 Å². The number of benzene rings is 1. The van der Waals surface area contributed by atoms with E-state index in [1.54, 1.807) is 12.1 Å². The summed E-state index contributed by atoms with van der Waals surface area (Å²) in [6.07, 6.45) is -0.492. The number of rotatable bonds is 1. The van der Waals surface area contributed by atoms with Crippen molar-refractivity contribution in [3.63, 3.8) is 0 Å². The van der Waals surface area contributed by atoms with Crippen molar-refractivity contribution < 1.29 is 13.9 Å². The summed E-state index contributed by atoms with van der Waals surface area (Å²) in [6.45, 7) is 0.190. The first-order valence-electron chi connectivity index (χ1n) is 4.05. The van der Waals surface area contributed by atoms with Crippen LogP contribution in [0.15, 0.2) is 18.2 Å². The Morgan fingerprint density at radius 3 is 2.87 bits per heavy atom. The van der Waals surface area contributed by atoms with Gasteiger partial charge in [0, 0.05) is 9.13 Å². The summed E-state index contributed by atoms with van der Waals surface area (Å²) in [6, 6.07) is 4.41. The van der Waals surface area contributed by atoms with E-state index in [2.05, 4.69) is 27.9 Å². The molecule has 0 saturated carbocycles. The molecule has 15 heavy (non-hydrogen) atoms. The quantitative estimate of drug-likeness (QED) is 0.796. The number of carbonyl (C=O) groups is 1. The number of halogens is 3. The van der Waals surface area contributed by atoms with E-state index in [4.69, 9.17) is 4.74 Å². The number of hydrogen-bond donors (Lipinski definition) is 1. The minimum Gasteiger partial charge on any atom is -0.447 e. The second kappa shape index (κ2) is 4.98. The molecule has 1 aromatic rings. The first-order valence-corrected chi connectivity index (χ1v) is 5.13. The Labute approximate surface area is 106 Å². The Balaban J connectivity index is 0.00000112. The highest BCUT2D eigenvalue weighted by Gasteiger charge is 2.26. The molecule has 1 saturated heterocycles. The highest BCUT2D eigenvalue weighted by molar-refractivity contribution is 14.1. The molecule has 1 amide bonds. The summed E-state index contributed by atoms with van der Waals surface area (Å²) < 4.78 is 19.0. The average Bonchev–Trinajstić information content (AvgIpc) is 2.56. The number of ether oxygens (including phenoxy) is 1. The molecule has 1 heterocycles. The maximum atomic E-state index is 13.3. The van der Waals surface area contributed by atoms with Crippen LogP contribution in [-0.4, -0.2) is 12.7 Å². The Morgan fingerprint density at radius 1 is 1.53 bits per heavy atom. The Bertz CT molecular complexity index is 388. The van der Waals surface area contributed by atoms with Gasteiger partial charge in [-0.2, -0.15) is 0 Å². The van der Waals surface area contributed by atoms with Gasteiger partial charge in [0.1, 0.15) is 12.4 Å². The van der Waals surface area contributed by atoms with Gasteiger partial charge < -0.3 is 10.1 Å². The molecule has 0 aliphatic carbocycles. The van der Waals surface area contributed by atoms with Crippen LogP contribution < -0.4 is 5.32 Å². The highest BCUT2D eigenvalue weighted by atomic mass is 127. The molecule has 0 spiro atoms. The Morgan fingerprint density at radius 2 is 2.27 bits per heavy atom. The summed E-state index contributed by atoms with van der Waals surface area (Å²) in [4.78, 5) is 10.8. The molecule has 82 valence electrons. The minimum atomic E-state index is -0.492. The number of hydrogen-bond acceptors (Lipinski definition) is 2. The van der Waals surface area contributed by atoms with Gasteiger partial charge in [0.15, 0.2) is 0 Å². The first kappa shape index (κ1) is 12.5. The second-order valence-electron chi connectivity index (χ2n) is 2.96. The maximum Gasteiger partial charge on any atom is 0.407 e. The molecule has 1 aliphatic heterocycles. The lowest BCUT2D eigenvalue weighted by atomic mass is 10.1. The van der Waals surface area contributed by atoms with Gasteiger partial charge in [0.2, 0.25) is 0 Å². The lowest BCUT2D eigenvalue weighted by molar-refractivity contribution is 0.177. The molecule has 1 aromatic carbocycles. The molecule has 0 radical (unpaired) electrons. The van der Waals surface area contributed by atoms with Gasteiger partial charge in [-0.15, -0.1) is 12.4 Å². The zero-order valence-corrected chi connectivity index (χ0v) is 10.5. The highest BCUT2D eigenvalue weighted by Crippen LogP contribution is 2.22.